The predicted molar refractivity (Wildman–Crippen MR) is 251 cm³/mol. The molecular formula is C53H60N4O8. The topological polar surface area (TPSA) is 170 Å². The quantitative estimate of drug-likeness (QED) is 0.0366. The van der Waals surface area contributed by atoms with Crippen LogP contribution in [-0.4, -0.2) is 89.0 Å². The van der Waals surface area contributed by atoms with E-state index in [1.807, 2.05) is 38.4 Å². The van der Waals surface area contributed by atoms with Gasteiger partial charge >= 0.3 is 0 Å². The van der Waals surface area contributed by atoms with Gasteiger partial charge in [0, 0.05) is 65.9 Å². The first-order chi connectivity index (χ1) is 31.5. The molecule has 1 aromatic heterocycles. The summed E-state index contributed by atoms with van der Waals surface area (Å²) in [6, 6.07) is 17.3. The summed E-state index contributed by atoms with van der Waals surface area (Å²) in [6.07, 6.45) is 8.40. The average molecular weight is 881 g/mol. The molecule has 2 aliphatic carbocycles. The number of nitrogens with one attached hydrogen (secondary N) is 4. The molecular weight excluding hydrogens is 821 g/mol. The number of aliphatic hydroxyl groups excluding tert-OH is 1. The number of H-pyrrole nitrogens is 1. The van der Waals surface area contributed by atoms with Crippen LogP contribution in [0.1, 0.15) is 96.9 Å². The van der Waals surface area contributed by atoms with E-state index in [-0.39, 0.29) is 43.3 Å². The van der Waals surface area contributed by atoms with Crippen molar-refractivity contribution in [2.45, 2.75) is 101 Å². The van der Waals surface area contributed by atoms with E-state index in [4.69, 9.17) is 18.9 Å². The van der Waals surface area contributed by atoms with E-state index in [9.17, 15) is 20.4 Å². The number of phenolic OH excluding ortho intramolecular Hbond substituents is 2. The number of aromatic amines is 1. The van der Waals surface area contributed by atoms with Gasteiger partial charge in [-0.05, 0) is 121 Å². The summed E-state index contributed by atoms with van der Waals surface area (Å²) in [5.74, 6) is 9.27. The largest absolute Gasteiger partial charge is 0.507 e. The van der Waals surface area contributed by atoms with Gasteiger partial charge < -0.3 is 49.7 Å². The molecule has 65 heavy (non-hydrogen) atoms. The number of aromatic nitrogens is 1. The second-order valence-electron chi connectivity index (χ2n) is 19.2. The standard InChI is InChI=1S/C53H60N4O8/c1-30(2)24-52(3,61)27-55-28-57-46-7-5-6-20-62-45-22-33(9-16-44(45)60)51-53(46,63-29-54-4)25-41-40-23-39-35(31-8-15-42-32(21-31)18-19-56-42)12-13-36-43(59)17-14-37(47(36)39)48(40)50-38(49(41)65-51)11-10-34(26-58)64-50/h8-9,12-19,21-22,30,34-35,39,46,51,54-61H,6,10-11,20,23-29H2,1-4H3/t34-,35+,39+,46-,51-,52+,53+/m1/s1. The zero-order chi connectivity index (χ0) is 45.0. The number of fused-ring (bicyclic) bond motifs is 12. The summed E-state index contributed by atoms with van der Waals surface area (Å²) in [5, 5.41) is 55.8. The minimum atomic E-state index is -1.17. The first kappa shape index (κ1) is 43.4. The minimum absolute atomic E-state index is 0.00728. The maximum atomic E-state index is 11.5. The normalized spacial score (nSPS) is 24.6. The first-order valence-corrected chi connectivity index (χ1v) is 23.1. The van der Waals surface area contributed by atoms with E-state index in [2.05, 4.69) is 83.0 Å². The first-order valence-electron chi connectivity index (χ1n) is 23.1. The van der Waals surface area contributed by atoms with Crippen molar-refractivity contribution in [3.05, 3.63) is 106 Å². The maximum absolute atomic E-state index is 11.5. The smallest absolute Gasteiger partial charge is 0.161 e. The van der Waals surface area contributed by atoms with Crippen molar-refractivity contribution in [1.82, 2.24) is 20.9 Å². The molecule has 4 aromatic carbocycles. The van der Waals surface area contributed by atoms with Crippen molar-refractivity contribution in [3.8, 4) is 51.7 Å². The molecule has 0 unspecified atom stereocenters. The summed E-state index contributed by atoms with van der Waals surface area (Å²) in [4.78, 5) is 3.34. The molecule has 0 amide bonds. The Hall–Kier alpha value is -5.52. The van der Waals surface area contributed by atoms with Crippen LogP contribution in [0.2, 0.25) is 0 Å². The van der Waals surface area contributed by atoms with Crippen molar-refractivity contribution in [2.75, 3.05) is 40.2 Å². The zero-order valence-electron chi connectivity index (χ0n) is 37.6. The number of aromatic hydroxyl groups is 2. The zero-order valence-corrected chi connectivity index (χ0v) is 37.6. The lowest BCUT2D eigenvalue weighted by Gasteiger charge is -2.50. The van der Waals surface area contributed by atoms with Gasteiger partial charge in [-0.15, -0.1) is 0 Å². The fraction of sp³-hybridized carbons (Fsp3) is 0.434. The number of rotatable bonds is 12. The van der Waals surface area contributed by atoms with Gasteiger partial charge in [0.05, 0.1) is 25.5 Å². The molecule has 3 aliphatic heterocycles. The van der Waals surface area contributed by atoms with E-state index in [1.54, 1.807) is 12.1 Å². The third-order valence-corrected chi connectivity index (χ3v) is 14.0. The van der Waals surface area contributed by atoms with Crippen LogP contribution in [0.5, 0.6) is 28.7 Å². The van der Waals surface area contributed by atoms with E-state index >= 15 is 0 Å². The van der Waals surface area contributed by atoms with Gasteiger partial charge in [-0.25, -0.2) is 0 Å². The second-order valence-corrected chi connectivity index (χ2v) is 19.2. The van der Waals surface area contributed by atoms with Gasteiger partial charge in [0.15, 0.2) is 17.6 Å². The van der Waals surface area contributed by atoms with Crippen LogP contribution >= 0.6 is 0 Å². The van der Waals surface area contributed by atoms with Crippen LogP contribution in [-0.2, 0) is 24.0 Å². The average Bonchev–Trinajstić information content (AvgIpc) is 3.77. The number of benzene rings is 4. The Bertz CT molecular complexity index is 2710. The molecule has 12 nitrogen and oxygen atoms in total. The lowest BCUT2D eigenvalue weighted by Crippen LogP contribution is -2.62. The Balaban J connectivity index is 1.17. The van der Waals surface area contributed by atoms with Gasteiger partial charge in [-0.1, -0.05) is 56.0 Å². The molecule has 0 fully saturated rings. The molecule has 0 saturated carbocycles. The molecule has 0 spiro atoms. The third kappa shape index (κ3) is 7.82. The van der Waals surface area contributed by atoms with Gasteiger partial charge in [0.2, 0.25) is 0 Å². The number of hydrogen-bond donors (Lipinski definition) is 8. The van der Waals surface area contributed by atoms with Crippen LogP contribution in [0, 0.1) is 17.8 Å². The highest BCUT2D eigenvalue weighted by atomic mass is 16.6. The molecule has 12 heteroatoms. The van der Waals surface area contributed by atoms with Gasteiger partial charge in [-0.3, -0.25) is 10.6 Å². The third-order valence-electron chi connectivity index (χ3n) is 14.0. The number of ether oxygens (including phenoxy) is 4. The van der Waals surface area contributed by atoms with E-state index < -0.39 is 29.5 Å². The van der Waals surface area contributed by atoms with Gasteiger partial charge in [0.25, 0.3) is 0 Å². The SMILES string of the molecule is CNCO[C@]12Cc3c4c(c5c(c3O[C@@H]1c1ccc(O)c(c1)OCCC#C[C@H]2NCNC[C@@](C)(O)CC(C)C)CC[C@H](CO)O5)-c1ccc(O)c2c1[C@@H](C4)[C@H](c1ccc3[nH]ccc3c1)C=C2. The number of aliphatic hydroxyl groups is 2. The Morgan fingerprint density at radius 1 is 1.00 bits per heavy atom. The fourth-order valence-corrected chi connectivity index (χ4v) is 11.3. The number of hydrogen-bond acceptors (Lipinski definition) is 11. The molecule has 5 aliphatic rings. The van der Waals surface area contributed by atoms with Crippen molar-refractivity contribution >= 4 is 17.0 Å². The molecule has 2 bridgehead atoms. The Morgan fingerprint density at radius 2 is 1.85 bits per heavy atom. The highest BCUT2D eigenvalue weighted by Gasteiger charge is 2.55. The van der Waals surface area contributed by atoms with Gasteiger partial charge in [-0.2, -0.15) is 0 Å². The summed E-state index contributed by atoms with van der Waals surface area (Å²) in [5.41, 5.74) is 7.83. The lowest BCUT2D eigenvalue weighted by molar-refractivity contribution is -0.141. The monoisotopic (exact) mass is 880 g/mol. The van der Waals surface area contributed by atoms with Crippen molar-refractivity contribution in [1.29, 1.82) is 0 Å². The molecule has 0 radical (unpaired) electrons. The van der Waals surface area contributed by atoms with Gasteiger partial charge in [0.1, 0.15) is 35.0 Å². The van der Waals surface area contributed by atoms with Crippen LogP contribution in [0.25, 0.3) is 28.1 Å². The maximum Gasteiger partial charge on any atom is 0.161 e. The van der Waals surface area contributed by atoms with Crippen LogP contribution in [0.15, 0.2) is 66.9 Å². The van der Waals surface area contributed by atoms with Crippen molar-refractivity contribution in [2.24, 2.45) is 5.92 Å². The van der Waals surface area contributed by atoms with E-state index in [1.165, 1.54) is 5.56 Å². The predicted octanol–water partition coefficient (Wildman–Crippen LogP) is 7.08. The number of allylic oxidation sites excluding steroid dienone is 1. The van der Waals surface area contributed by atoms with Crippen LogP contribution in [0.4, 0.5) is 0 Å². The Kier molecular flexibility index (Phi) is 11.6. The summed E-state index contributed by atoms with van der Waals surface area (Å²) in [7, 11) is 1.85. The molecule has 10 rings (SSSR count). The molecule has 5 aromatic rings. The van der Waals surface area contributed by atoms with Crippen molar-refractivity contribution < 1.29 is 39.4 Å². The second kappa shape index (κ2) is 17.4. The van der Waals surface area contributed by atoms with Crippen LogP contribution in [0.3, 0.4) is 0 Å². The Labute approximate surface area is 380 Å². The molecule has 0 saturated heterocycles. The minimum Gasteiger partial charge on any atom is -0.507 e. The lowest BCUT2D eigenvalue weighted by atomic mass is 9.64. The van der Waals surface area contributed by atoms with E-state index in [0.717, 1.165) is 61.2 Å². The molecule has 8 N–H and O–H groups in total. The van der Waals surface area contributed by atoms with Crippen molar-refractivity contribution in [3.63, 3.8) is 0 Å². The molecule has 340 valence electrons. The summed E-state index contributed by atoms with van der Waals surface area (Å²) >= 11 is 0. The Morgan fingerprint density at radius 3 is 2.68 bits per heavy atom. The number of phenols is 2. The summed E-state index contributed by atoms with van der Waals surface area (Å²) < 4.78 is 27.8. The molecule has 7 atom stereocenters. The van der Waals surface area contributed by atoms with Crippen LogP contribution < -0.4 is 30.2 Å². The highest BCUT2D eigenvalue weighted by molar-refractivity contribution is 5.89. The fourth-order valence-electron chi connectivity index (χ4n) is 11.3. The highest BCUT2D eigenvalue weighted by Crippen LogP contribution is 2.61. The van der Waals surface area contributed by atoms with E-state index in [0.29, 0.717) is 69.2 Å². The molecule has 4 heterocycles. The summed E-state index contributed by atoms with van der Waals surface area (Å²) in [6.45, 7) is 7.11.